The molecule has 0 fully saturated rings. The van der Waals surface area contributed by atoms with Crippen LogP contribution >= 0.6 is 23.2 Å². The number of carbonyl (C=O) groups is 1. The molecular weight excluding hydrogens is 409 g/mol. The summed E-state index contributed by atoms with van der Waals surface area (Å²) in [6.07, 6.45) is 8.10. The van der Waals surface area contributed by atoms with Crippen LogP contribution in [0, 0.1) is 0 Å². The van der Waals surface area contributed by atoms with Crippen molar-refractivity contribution >= 4 is 56.7 Å². The first kappa shape index (κ1) is 19.6. The van der Waals surface area contributed by atoms with Gasteiger partial charge in [-0.2, -0.15) is 0 Å². The van der Waals surface area contributed by atoms with Crippen LogP contribution in [0.4, 0.5) is 5.69 Å². The van der Waals surface area contributed by atoms with Crippen LogP contribution in [0.3, 0.4) is 0 Å². The molecule has 0 saturated heterocycles. The monoisotopic (exact) mass is 427 g/mol. The van der Waals surface area contributed by atoms with Gasteiger partial charge in [0.1, 0.15) is 5.69 Å². The zero-order chi connectivity index (χ0) is 20.5. The van der Waals surface area contributed by atoms with E-state index in [1.165, 1.54) is 0 Å². The molecule has 0 aliphatic heterocycles. The number of allylic oxidation sites excluding steroid dienone is 6. The van der Waals surface area contributed by atoms with Crippen molar-refractivity contribution in [3.8, 4) is 0 Å². The highest BCUT2D eigenvalue weighted by molar-refractivity contribution is 6.34. The number of benzene rings is 1. The van der Waals surface area contributed by atoms with E-state index in [1.807, 2.05) is 36.4 Å². The zero-order valence-corrected chi connectivity index (χ0v) is 17.3. The van der Waals surface area contributed by atoms with E-state index in [0.29, 0.717) is 35.3 Å². The Morgan fingerprint density at radius 2 is 2.00 bits per heavy atom. The second-order valence-electron chi connectivity index (χ2n) is 6.72. The summed E-state index contributed by atoms with van der Waals surface area (Å²) in [5.74, 6) is -0.450. The molecule has 148 valence electrons. The zero-order valence-electron chi connectivity index (χ0n) is 15.8. The third-order valence-corrected chi connectivity index (χ3v) is 5.48. The predicted octanol–water partition coefficient (Wildman–Crippen LogP) is 5.52. The highest BCUT2D eigenvalue weighted by Gasteiger charge is 2.17. The van der Waals surface area contributed by atoms with E-state index in [0.717, 1.165) is 27.4 Å². The second-order valence-corrected chi connectivity index (χ2v) is 7.56. The highest BCUT2D eigenvalue weighted by Crippen LogP contribution is 2.33. The quantitative estimate of drug-likeness (QED) is 0.439. The van der Waals surface area contributed by atoms with Crippen molar-refractivity contribution in [2.45, 2.75) is 19.9 Å². The minimum absolute atomic E-state index is 0.262. The topological polar surface area (TPSA) is 70.1 Å². The van der Waals surface area contributed by atoms with E-state index in [2.05, 4.69) is 9.55 Å². The lowest BCUT2D eigenvalue weighted by Gasteiger charge is -2.11. The number of halogens is 2. The Bertz CT molecular complexity index is 1220. The van der Waals surface area contributed by atoms with Crippen molar-refractivity contribution in [3.63, 3.8) is 0 Å². The van der Waals surface area contributed by atoms with Crippen molar-refractivity contribution in [1.82, 2.24) is 9.55 Å². The van der Waals surface area contributed by atoms with E-state index >= 15 is 0 Å². The van der Waals surface area contributed by atoms with E-state index in [9.17, 15) is 4.79 Å². The smallest absolute Gasteiger partial charge is 0.356 e. The number of esters is 1. The molecule has 0 atom stereocenters. The molecule has 3 aromatic rings. The van der Waals surface area contributed by atoms with E-state index in [-0.39, 0.29) is 5.69 Å². The molecule has 0 spiro atoms. The molecule has 0 radical (unpaired) electrons. The predicted molar refractivity (Wildman–Crippen MR) is 118 cm³/mol. The molecule has 1 aliphatic rings. The molecule has 1 aliphatic carbocycles. The Hall–Kier alpha value is -2.76. The molecule has 0 unspecified atom stereocenters. The summed E-state index contributed by atoms with van der Waals surface area (Å²) in [6, 6.07) is 7.45. The second kappa shape index (κ2) is 7.93. The van der Waals surface area contributed by atoms with E-state index in [1.54, 1.807) is 19.2 Å². The summed E-state index contributed by atoms with van der Waals surface area (Å²) >= 11 is 12.8. The van der Waals surface area contributed by atoms with Gasteiger partial charge < -0.3 is 15.0 Å². The van der Waals surface area contributed by atoms with Crippen LogP contribution in [0.5, 0.6) is 0 Å². The van der Waals surface area contributed by atoms with Crippen molar-refractivity contribution in [2.24, 2.45) is 0 Å². The maximum absolute atomic E-state index is 12.2. The number of hydrogen-bond acceptors (Lipinski definition) is 4. The van der Waals surface area contributed by atoms with Crippen LogP contribution in [0.1, 0.15) is 23.8 Å². The fourth-order valence-corrected chi connectivity index (χ4v) is 3.92. The average molecular weight is 428 g/mol. The summed E-state index contributed by atoms with van der Waals surface area (Å²) in [6.45, 7) is 2.56. The number of nitrogen functional groups attached to an aromatic ring is 1. The minimum atomic E-state index is -0.450. The Kier molecular flexibility index (Phi) is 5.35. The number of aromatic nitrogens is 2. The number of rotatable bonds is 4. The van der Waals surface area contributed by atoms with E-state index < -0.39 is 5.97 Å². The van der Waals surface area contributed by atoms with Gasteiger partial charge in [-0.15, -0.1) is 0 Å². The molecule has 2 aromatic heterocycles. The van der Waals surface area contributed by atoms with Crippen molar-refractivity contribution < 1.29 is 9.53 Å². The average Bonchev–Trinajstić information content (AvgIpc) is 2.89. The molecular formula is C22H19Cl2N3O2. The normalized spacial score (nSPS) is 14.4. The van der Waals surface area contributed by atoms with Crippen LogP contribution in [0.15, 0.2) is 64.3 Å². The van der Waals surface area contributed by atoms with Crippen molar-refractivity contribution in [1.29, 1.82) is 0 Å². The number of nitrogens with two attached hydrogens (primary N) is 1. The van der Waals surface area contributed by atoms with Gasteiger partial charge in [-0.1, -0.05) is 35.4 Å². The number of fused-ring (bicyclic) bond motifs is 3. The van der Waals surface area contributed by atoms with Gasteiger partial charge >= 0.3 is 5.97 Å². The number of pyridine rings is 1. The van der Waals surface area contributed by atoms with Gasteiger partial charge in [0, 0.05) is 38.6 Å². The standard InChI is InChI=1S/C22H19Cl2N3O2/c1-2-29-22(28)19-10-17-16-9-15(25)6-7-20(16)27(21(17)11-26-19)12-13-8-14(23)4-3-5-18(13)24/h4-11H,2-3,12,25H2,1H3. The molecule has 4 rings (SSSR count). The van der Waals surface area contributed by atoms with Crippen LogP contribution in [-0.2, 0) is 11.3 Å². The SMILES string of the molecule is CCOC(=O)c1cc2c3cc(N)ccc3n(CC3=CC(Cl)=CCC=C3Cl)c2cn1. The number of anilines is 1. The summed E-state index contributed by atoms with van der Waals surface area (Å²) in [7, 11) is 0. The third kappa shape index (κ3) is 3.76. The lowest BCUT2D eigenvalue weighted by molar-refractivity contribution is 0.0519. The first-order chi connectivity index (χ1) is 14.0. The van der Waals surface area contributed by atoms with Gasteiger partial charge in [0.05, 0.1) is 18.3 Å². The molecule has 2 heterocycles. The number of ether oxygens (including phenoxy) is 1. The summed E-state index contributed by atoms with van der Waals surface area (Å²) in [5.41, 5.74) is 9.67. The summed E-state index contributed by atoms with van der Waals surface area (Å²) in [4.78, 5) is 16.5. The van der Waals surface area contributed by atoms with Crippen molar-refractivity contribution in [3.05, 3.63) is 70.0 Å². The van der Waals surface area contributed by atoms with Gasteiger partial charge in [0.15, 0.2) is 0 Å². The molecule has 7 heteroatoms. The fraction of sp³-hybridized carbons (Fsp3) is 0.182. The van der Waals surface area contributed by atoms with Crippen LogP contribution in [0.2, 0.25) is 0 Å². The Labute approximate surface area is 178 Å². The molecule has 2 N–H and O–H groups in total. The Morgan fingerprint density at radius 1 is 1.21 bits per heavy atom. The number of nitrogens with zero attached hydrogens (tertiary/aromatic N) is 2. The summed E-state index contributed by atoms with van der Waals surface area (Å²) in [5, 5.41) is 3.13. The van der Waals surface area contributed by atoms with Gasteiger partial charge in [0.2, 0.25) is 0 Å². The molecule has 5 nitrogen and oxygen atoms in total. The largest absolute Gasteiger partial charge is 0.461 e. The summed E-state index contributed by atoms with van der Waals surface area (Å²) < 4.78 is 7.19. The van der Waals surface area contributed by atoms with Gasteiger partial charge in [-0.25, -0.2) is 9.78 Å². The van der Waals surface area contributed by atoms with E-state index in [4.69, 9.17) is 33.7 Å². The van der Waals surface area contributed by atoms with Crippen LogP contribution in [0.25, 0.3) is 21.8 Å². The lowest BCUT2D eigenvalue weighted by atomic mass is 10.1. The van der Waals surface area contributed by atoms with Gasteiger partial charge in [0.25, 0.3) is 0 Å². The maximum atomic E-state index is 12.2. The Morgan fingerprint density at radius 3 is 2.79 bits per heavy atom. The highest BCUT2D eigenvalue weighted by atomic mass is 35.5. The van der Waals surface area contributed by atoms with Gasteiger partial charge in [-0.05, 0) is 49.3 Å². The number of carbonyl (C=O) groups excluding carboxylic acids is 1. The van der Waals surface area contributed by atoms with Crippen LogP contribution < -0.4 is 5.73 Å². The van der Waals surface area contributed by atoms with Gasteiger partial charge in [-0.3, -0.25) is 0 Å². The first-order valence-electron chi connectivity index (χ1n) is 9.24. The first-order valence-corrected chi connectivity index (χ1v) is 10.0. The minimum Gasteiger partial charge on any atom is -0.461 e. The number of hydrogen-bond donors (Lipinski definition) is 1. The Balaban J connectivity index is 1.91. The van der Waals surface area contributed by atoms with Crippen LogP contribution in [-0.4, -0.2) is 22.1 Å². The lowest BCUT2D eigenvalue weighted by Crippen LogP contribution is -2.07. The molecule has 29 heavy (non-hydrogen) atoms. The molecule has 0 amide bonds. The van der Waals surface area contributed by atoms with Crippen molar-refractivity contribution in [2.75, 3.05) is 12.3 Å². The fourth-order valence-electron chi connectivity index (χ4n) is 3.49. The molecule has 0 saturated carbocycles. The molecule has 0 bridgehead atoms. The maximum Gasteiger partial charge on any atom is 0.356 e. The molecule has 1 aromatic carbocycles. The third-order valence-electron chi connectivity index (χ3n) is 4.82.